The van der Waals surface area contributed by atoms with E-state index in [2.05, 4.69) is 19.6 Å². The number of ether oxygens (including phenoxy) is 1. The van der Waals surface area contributed by atoms with Crippen LogP contribution in [-0.4, -0.2) is 21.2 Å². The molecule has 0 amide bonds. The van der Waals surface area contributed by atoms with Gasteiger partial charge in [0, 0.05) is 12.5 Å². The molecular formula is C9H20O2Si. The summed E-state index contributed by atoms with van der Waals surface area (Å²) in [7, 11) is -1.41. The normalized spacial score (nSPS) is 21.0. The van der Waals surface area contributed by atoms with E-state index in [1.807, 2.05) is 6.92 Å². The maximum Gasteiger partial charge on any atom is 0.187 e. The van der Waals surface area contributed by atoms with E-state index in [9.17, 15) is 0 Å². The maximum absolute atomic E-state index is 5.92. The zero-order valence-corrected chi connectivity index (χ0v) is 9.59. The first-order chi connectivity index (χ1) is 5.53. The van der Waals surface area contributed by atoms with Gasteiger partial charge in [0.15, 0.2) is 14.6 Å². The van der Waals surface area contributed by atoms with Crippen molar-refractivity contribution in [3.8, 4) is 0 Å². The Morgan fingerprint density at radius 1 is 1.33 bits per heavy atom. The molecule has 1 atom stereocenters. The number of hydrogen-bond donors (Lipinski definition) is 0. The molecule has 0 radical (unpaired) electrons. The van der Waals surface area contributed by atoms with Crippen LogP contribution < -0.4 is 0 Å². The fourth-order valence-electron chi connectivity index (χ4n) is 1.15. The van der Waals surface area contributed by atoms with Gasteiger partial charge in [-0.2, -0.15) is 0 Å². The largest absolute Gasteiger partial charge is 0.393 e. The fraction of sp³-hybridized carbons (Fsp3) is 1.00. The average molecular weight is 188 g/mol. The SMILES string of the molecule is CCOC(O[Si](C)(C)C)C1CC1. The summed E-state index contributed by atoms with van der Waals surface area (Å²) in [4.78, 5) is 0. The summed E-state index contributed by atoms with van der Waals surface area (Å²) in [6.45, 7) is 9.43. The molecule has 0 aromatic carbocycles. The van der Waals surface area contributed by atoms with Crippen LogP contribution in [0.25, 0.3) is 0 Å². The molecule has 3 heteroatoms. The van der Waals surface area contributed by atoms with Crippen LogP contribution in [0.4, 0.5) is 0 Å². The molecule has 0 spiro atoms. The van der Waals surface area contributed by atoms with Crippen molar-refractivity contribution in [2.24, 2.45) is 5.92 Å². The van der Waals surface area contributed by atoms with Gasteiger partial charge in [-0.05, 0) is 39.4 Å². The van der Waals surface area contributed by atoms with Crippen LogP contribution in [-0.2, 0) is 9.16 Å². The predicted octanol–water partition coefficient (Wildman–Crippen LogP) is 2.61. The topological polar surface area (TPSA) is 18.5 Å². The Balaban J connectivity index is 2.32. The van der Waals surface area contributed by atoms with Crippen LogP contribution in [0.3, 0.4) is 0 Å². The van der Waals surface area contributed by atoms with Crippen LogP contribution in [0.2, 0.25) is 19.6 Å². The molecule has 1 rings (SSSR count). The van der Waals surface area contributed by atoms with Crippen molar-refractivity contribution in [2.75, 3.05) is 6.61 Å². The van der Waals surface area contributed by atoms with Gasteiger partial charge in [-0.1, -0.05) is 0 Å². The van der Waals surface area contributed by atoms with E-state index >= 15 is 0 Å². The van der Waals surface area contributed by atoms with Gasteiger partial charge < -0.3 is 9.16 Å². The number of hydrogen-bond acceptors (Lipinski definition) is 2. The lowest BCUT2D eigenvalue weighted by Gasteiger charge is -2.25. The van der Waals surface area contributed by atoms with E-state index in [4.69, 9.17) is 9.16 Å². The highest BCUT2D eigenvalue weighted by Gasteiger charge is 2.35. The molecule has 1 aliphatic rings. The van der Waals surface area contributed by atoms with Crippen molar-refractivity contribution >= 4 is 8.32 Å². The summed E-state index contributed by atoms with van der Waals surface area (Å²) in [6, 6.07) is 0. The summed E-state index contributed by atoms with van der Waals surface area (Å²) in [5.74, 6) is 0.691. The fourth-order valence-corrected chi connectivity index (χ4v) is 2.10. The Morgan fingerprint density at radius 3 is 2.25 bits per heavy atom. The minimum Gasteiger partial charge on any atom is -0.393 e. The van der Waals surface area contributed by atoms with Gasteiger partial charge in [0.05, 0.1) is 0 Å². The molecule has 1 aliphatic carbocycles. The van der Waals surface area contributed by atoms with Gasteiger partial charge in [-0.25, -0.2) is 0 Å². The molecule has 0 aromatic heterocycles. The zero-order chi connectivity index (χ0) is 9.19. The first kappa shape index (κ1) is 10.2. The van der Waals surface area contributed by atoms with E-state index in [0.717, 1.165) is 6.61 Å². The van der Waals surface area contributed by atoms with E-state index in [1.165, 1.54) is 12.8 Å². The molecule has 72 valence electrons. The van der Waals surface area contributed by atoms with Crippen LogP contribution in [0.15, 0.2) is 0 Å². The molecule has 1 saturated carbocycles. The maximum atomic E-state index is 5.92. The first-order valence-electron chi connectivity index (χ1n) is 4.82. The third-order valence-corrected chi connectivity index (χ3v) is 2.75. The van der Waals surface area contributed by atoms with Gasteiger partial charge in [0.1, 0.15) is 0 Å². The second kappa shape index (κ2) is 3.90. The highest BCUT2D eigenvalue weighted by Crippen LogP contribution is 2.36. The summed E-state index contributed by atoms with van der Waals surface area (Å²) in [6.07, 6.45) is 2.67. The van der Waals surface area contributed by atoms with Crippen LogP contribution in [0.1, 0.15) is 19.8 Å². The lowest BCUT2D eigenvalue weighted by atomic mass is 10.4. The van der Waals surface area contributed by atoms with E-state index in [1.54, 1.807) is 0 Å². The summed E-state index contributed by atoms with van der Waals surface area (Å²) >= 11 is 0. The van der Waals surface area contributed by atoms with Crippen molar-refractivity contribution < 1.29 is 9.16 Å². The molecule has 0 aliphatic heterocycles. The van der Waals surface area contributed by atoms with Crippen molar-refractivity contribution in [2.45, 2.75) is 45.7 Å². The summed E-state index contributed by atoms with van der Waals surface area (Å²) < 4.78 is 11.5. The zero-order valence-electron chi connectivity index (χ0n) is 8.59. The Morgan fingerprint density at radius 2 is 1.92 bits per heavy atom. The Hall–Kier alpha value is 0.137. The Labute approximate surface area is 76.4 Å². The lowest BCUT2D eigenvalue weighted by Crippen LogP contribution is -2.34. The average Bonchev–Trinajstić information content (AvgIpc) is 2.63. The minimum atomic E-state index is -1.41. The smallest absolute Gasteiger partial charge is 0.187 e. The monoisotopic (exact) mass is 188 g/mol. The van der Waals surface area contributed by atoms with Crippen molar-refractivity contribution in [3.63, 3.8) is 0 Å². The quantitative estimate of drug-likeness (QED) is 0.488. The molecule has 0 saturated heterocycles. The molecule has 2 nitrogen and oxygen atoms in total. The van der Waals surface area contributed by atoms with Gasteiger partial charge in [-0.15, -0.1) is 0 Å². The molecule has 1 unspecified atom stereocenters. The van der Waals surface area contributed by atoms with Crippen molar-refractivity contribution in [1.29, 1.82) is 0 Å². The first-order valence-corrected chi connectivity index (χ1v) is 8.23. The van der Waals surface area contributed by atoms with Crippen molar-refractivity contribution in [3.05, 3.63) is 0 Å². The summed E-state index contributed by atoms with van der Waals surface area (Å²) in [5.41, 5.74) is 0. The Bertz CT molecular complexity index is 138. The predicted molar refractivity (Wildman–Crippen MR) is 52.6 cm³/mol. The molecule has 0 heterocycles. The standard InChI is InChI=1S/C9H20O2Si/c1-5-10-9(8-6-7-8)11-12(2,3)4/h8-9H,5-7H2,1-4H3. The Kier molecular flexibility index (Phi) is 3.32. The summed E-state index contributed by atoms with van der Waals surface area (Å²) in [5, 5.41) is 0. The molecular weight excluding hydrogens is 168 g/mol. The van der Waals surface area contributed by atoms with E-state index < -0.39 is 8.32 Å². The van der Waals surface area contributed by atoms with Crippen LogP contribution in [0, 0.1) is 5.92 Å². The third kappa shape index (κ3) is 3.69. The lowest BCUT2D eigenvalue weighted by molar-refractivity contribution is -0.0946. The second-order valence-electron chi connectivity index (χ2n) is 4.39. The molecule has 0 bridgehead atoms. The molecule has 1 fully saturated rings. The number of rotatable bonds is 5. The van der Waals surface area contributed by atoms with Gasteiger partial charge >= 0.3 is 0 Å². The van der Waals surface area contributed by atoms with Gasteiger partial charge in [-0.3, -0.25) is 0 Å². The highest BCUT2D eigenvalue weighted by atomic mass is 28.4. The van der Waals surface area contributed by atoms with E-state index in [0.29, 0.717) is 5.92 Å². The third-order valence-electron chi connectivity index (χ3n) is 1.81. The van der Waals surface area contributed by atoms with Crippen LogP contribution in [0.5, 0.6) is 0 Å². The molecule has 12 heavy (non-hydrogen) atoms. The molecule has 0 N–H and O–H groups in total. The van der Waals surface area contributed by atoms with Crippen LogP contribution >= 0.6 is 0 Å². The van der Waals surface area contributed by atoms with E-state index in [-0.39, 0.29) is 6.29 Å². The van der Waals surface area contributed by atoms with Crippen molar-refractivity contribution in [1.82, 2.24) is 0 Å². The minimum absolute atomic E-state index is 0.0988. The molecule has 0 aromatic rings. The second-order valence-corrected chi connectivity index (χ2v) is 8.85. The van der Waals surface area contributed by atoms with Gasteiger partial charge in [0.25, 0.3) is 0 Å². The van der Waals surface area contributed by atoms with Gasteiger partial charge in [0.2, 0.25) is 0 Å². The highest BCUT2D eigenvalue weighted by molar-refractivity contribution is 6.69.